The van der Waals surface area contributed by atoms with E-state index in [0.29, 0.717) is 6.54 Å². The van der Waals surface area contributed by atoms with Crippen LogP contribution in [0.15, 0.2) is 18.2 Å². The van der Waals surface area contributed by atoms with Crippen LogP contribution in [0.4, 0.5) is 0 Å². The van der Waals surface area contributed by atoms with Crippen LogP contribution in [0.1, 0.15) is 24.5 Å². The maximum atomic E-state index is 5.86. The third-order valence-corrected chi connectivity index (χ3v) is 3.07. The molecule has 0 radical (unpaired) electrons. The quantitative estimate of drug-likeness (QED) is 0.617. The van der Waals surface area contributed by atoms with Gasteiger partial charge in [-0.15, -0.1) is 6.42 Å². The van der Waals surface area contributed by atoms with Crippen molar-refractivity contribution in [2.75, 3.05) is 13.1 Å². The van der Waals surface area contributed by atoms with E-state index in [9.17, 15) is 0 Å². The van der Waals surface area contributed by atoms with Crippen LogP contribution in [0.3, 0.4) is 0 Å². The monoisotopic (exact) mass is 229 g/mol. The number of fused-ring (bicyclic) bond motifs is 1. The summed E-state index contributed by atoms with van der Waals surface area (Å²) in [5.74, 6) is 3.53. The first-order valence-corrected chi connectivity index (χ1v) is 6.22. The second-order valence-electron chi connectivity index (χ2n) is 4.55. The minimum atomic E-state index is 0.141. The molecule has 0 saturated heterocycles. The molecule has 17 heavy (non-hydrogen) atoms. The Morgan fingerprint density at radius 2 is 2.24 bits per heavy atom. The molecule has 0 aliphatic heterocycles. The molecule has 1 aromatic carbocycles. The van der Waals surface area contributed by atoms with Gasteiger partial charge < -0.3 is 10.1 Å². The van der Waals surface area contributed by atoms with Crippen LogP contribution in [0.25, 0.3) is 0 Å². The lowest BCUT2D eigenvalue weighted by Crippen LogP contribution is -2.29. The SMILES string of the molecule is C#CCNCC(C)Oc1ccc2c(c1)CCC2. The Kier molecular flexibility index (Phi) is 4.06. The standard InChI is InChI=1S/C15H19NO/c1-3-9-16-11-12(2)17-15-8-7-13-5-4-6-14(13)10-15/h1,7-8,10,12,16H,4-6,9,11H2,2H3. The highest BCUT2D eigenvalue weighted by Crippen LogP contribution is 2.26. The van der Waals surface area contributed by atoms with Crippen molar-refractivity contribution in [2.24, 2.45) is 0 Å². The maximum Gasteiger partial charge on any atom is 0.120 e. The molecule has 2 nitrogen and oxygen atoms in total. The van der Waals surface area contributed by atoms with E-state index in [-0.39, 0.29) is 6.10 Å². The second-order valence-corrected chi connectivity index (χ2v) is 4.55. The Morgan fingerprint density at radius 3 is 3.06 bits per heavy atom. The molecule has 90 valence electrons. The molecule has 1 aliphatic carbocycles. The number of aryl methyl sites for hydroxylation is 2. The lowest BCUT2D eigenvalue weighted by molar-refractivity contribution is 0.219. The summed E-state index contributed by atoms with van der Waals surface area (Å²) < 4.78 is 5.86. The molecule has 2 rings (SSSR count). The molecule has 0 spiro atoms. The average Bonchev–Trinajstić information content (AvgIpc) is 2.76. The van der Waals surface area contributed by atoms with Crippen molar-refractivity contribution in [3.63, 3.8) is 0 Å². The van der Waals surface area contributed by atoms with Crippen molar-refractivity contribution in [2.45, 2.75) is 32.3 Å². The first-order chi connectivity index (χ1) is 8.29. The summed E-state index contributed by atoms with van der Waals surface area (Å²) in [5, 5.41) is 3.15. The first-order valence-electron chi connectivity index (χ1n) is 6.22. The van der Waals surface area contributed by atoms with E-state index >= 15 is 0 Å². The molecule has 1 atom stereocenters. The van der Waals surface area contributed by atoms with Crippen molar-refractivity contribution in [3.05, 3.63) is 29.3 Å². The van der Waals surface area contributed by atoms with Crippen molar-refractivity contribution >= 4 is 0 Å². The Balaban J connectivity index is 1.88. The van der Waals surface area contributed by atoms with Gasteiger partial charge in [-0.2, -0.15) is 0 Å². The maximum absolute atomic E-state index is 5.86. The van der Waals surface area contributed by atoms with Gasteiger partial charge in [0.15, 0.2) is 0 Å². The summed E-state index contributed by atoms with van der Waals surface area (Å²) in [5.41, 5.74) is 2.93. The van der Waals surface area contributed by atoms with Gasteiger partial charge in [0.25, 0.3) is 0 Å². The highest BCUT2D eigenvalue weighted by atomic mass is 16.5. The number of rotatable bonds is 5. The summed E-state index contributed by atoms with van der Waals surface area (Å²) in [6.45, 7) is 3.43. The Morgan fingerprint density at radius 1 is 1.41 bits per heavy atom. The van der Waals surface area contributed by atoms with E-state index in [2.05, 4.69) is 36.4 Å². The molecule has 0 fully saturated rings. The van der Waals surface area contributed by atoms with Gasteiger partial charge in [0, 0.05) is 6.54 Å². The number of terminal acetylenes is 1. The van der Waals surface area contributed by atoms with E-state index in [1.807, 2.05) is 0 Å². The molecule has 0 amide bonds. The van der Waals surface area contributed by atoms with Gasteiger partial charge in [0.2, 0.25) is 0 Å². The van der Waals surface area contributed by atoms with Crippen molar-refractivity contribution in [1.82, 2.24) is 5.32 Å². The van der Waals surface area contributed by atoms with Crippen LogP contribution >= 0.6 is 0 Å². The van der Waals surface area contributed by atoms with Gasteiger partial charge in [-0.25, -0.2) is 0 Å². The van der Waals surface area contributed by atoms with Crippen molar-refractivity contribution < 1.29 is 4.74 Å². The molecule has 1 aromatic rings. The number of benzene rings is 1. The molecule has 0 aromatic heterocycles. The lowest BCUT2D eigenvalue weighted by atomic mass is 10.1. The molecular formula is C15H19NO. The average molecular weight is 229 g/mol. The molecule has 1 N–H and O–H groups in total. The normalized spacial score (nSPS) is 15.1. The van der Waals surface area contributed by atoms with Crippen LogP contribution < -0.4 is 10.1 Å². The van der Waals surface area contributed by atoms with Gasteiger partial charge in [0.1, 0.15) is 11.9 Å². The lowest BCUT2D eigenvalue weighted by Gasteiger charge is -2.15. The topological polar surface area (TPSA) is 21.3 Å². The Labute approximate surface area is 103 Å². The Hall–Kier alpha value is -1.46. The van der Waals surface area contributed by atoms with Crippen LogP contribution in [0, 0.1) is 12.3 Å². The highest BCUT2D eigenvalue weighted by molar-refractivity contribution is 5.38. The number of hydrogen-bond donors (Lipinski definition) is 1. The molecule has 1 unspecified atom stereocenters. The summed E-state index contributed by atoms with van der Waals surface area (Å²) in [7, 11) is 0. The minimum Gasteiger partial charge on any atom is -0.489 e. The molecule has 0 bridgehead atoms. The van der Waals surface area contributed by atoms with Gasteiger partial charge in [-0.3, -0.25) is 0 Å². The van der Waals surface area contributed by atoms with Crippen LogP contribution in [-0.2, 0) is 12.8 Å². The summed E-state index contributed by atoms with van der Waals surface area (Å²) in [6.07, 6.45) is 9.00. The molecule has 0 heterocycles. The smallest absolute Gasteiger partial charge is 0.120 e. The fourth-order valence-corrected chi connectivity index (χ4v) is 2.24. The predicted molar refractivity (Wildman–Crippen MR) is 70.3 cm³/mol. The zero-order valence-electron chi connectivity index (χ0n) is 10.3. The van der Waals surface area contributed by atoms with E-state index in [1.54, 1.807) is 0 Å². The van der Waals surface area contributed by atoms with Crippen LogP contribution in [0.2, 0.25) is 0 Å². The zero-order valence-corrected chi connectivity index (χ0v) is 10.3. The second kappa shape index (κ2) is 5.75. The number of ether oxygens (including phenoxy) is 1. The molecule has 0 saturated carbocycles. The summed E-state index contributed by atoms with van der Waals surface area (Å²) >= 11 is 0. The van der Waals surface area contributed by atoms with Crippen LogP contribution in [0.5, 0.6) is 5.75 Å². The first kappa shape index (κ1) is 12.0. The van der Waals surface area contributed by atoms with E-state index in [1.165, 1.54) is 30.4 Å². The van der Waals surface area contributed by atoms with Gasteiger partial charge in [-0.1, -0.05) is 12.0 Å². The number of nitrogens with one attached hydrogen (secondary N) is 1. The summed E-state index contributed by atoms with van der Waals surface area (Å²) in [6, 6.07) is 6.45. The molecule has 1 aliphatic rings. The van der Waals surface area contributed by atoms with Crippen molar-refractivity contribution in [1.29, 1.82) is 0 Å². The fraction of sp³-hybridized carbons (Fsp3) is 0.467. The third-order valence-electron chi connectivity index (χ3n) is 3.07. The van der Waals surface area contributed by atoms with E-state index < -0.39 is 0 Å². The largest absolute Gasteiger partial charge is 0.489 e. The van der Waals surface area contributed by atoms with Gasteiger partial charge in [0.05, 0.1) is 6.54 Å². The van der Waals surface area contributed by atoms with E-state index in [0.717, 1.165) is 12.3 Å². The number of hydrogen-bond acceptors (Lipinski definition) is 2. The predicted octanol–water partition coefficient (Wildman–Crippen LogP) is 2.17. The Bertz CT molecular complexity index is 419. The highest BCUT2D eigenvalue weighted by Gasteiger charge is 2.12. The van der Waals surface area contributed by atoms with Crippen molar-refractivity contribution in [3.8, 4) is 18.1 Å². The minimum absolute atomic E-state index is 0.141. The fourth-order valence-electron chi connectivity index (χ4n) is 2.24. The third kappa shape index (κ3) is 3.25. The van der Waals surface area contributed by atoms with E-state index in [4.69, 9.17) is 11.2 Å². The van der Waals surface area contributed by atoms with Crippen LogP contribution in [-0.4, -0.2) is 19.2 Å². The molecule has 2 heteroatoms. The zero-order chi connectivity index (χ0) is 12.1. The van der Waals surface area contributed by atoms with Gasteiger partial charge >= 0.3 is 0 Å². The van der Waals surface area contributed by atoms with Gasteiger partial charge in [-0.05, 0) is 49.4 Å². The summed E-state index contributed by atoms with van der Waals surface area (Å²) in [4.78, 5) is 0. The molecular weight excluding hydrogens is 210 g/mol.